The van der Waals surface area contributed by atoms with Crippen molar-refractivity contribution in [1.29, 1.82) is 0 Å². The van der Waals surface area contributed by atoms with Gasteiger partial charge >= 0.3 is 0 Å². The number of rotatable bonds is 5. The summed E-state index contributed by atoms with van der Waals surface area (Å²) in [6.45, 7) is 0. The molecule has 1 heterocycles. The summed E-state index contributed by atoms with van der Waals surface area (Å²) in [6.07, 6.45) is 5.44. The van der Waals surface area contributed by atoms with Crippen molar-refractivity contribution >= 4 is 59.3 Å². The average Bonchev–Trinajstić information content (AvgIpc) is 4.03. The van der Waals surface area contributed by atoms with Gasteiger partial charge in [-0.15, -0.1) is 11.3 Å². The van der Waals surface area contributed by atoms with E-state index in [1.807, 2.05) is 11.3 Å². The maximum atomic E-state index is 2.47. The van der Waals surface area contributed by atoms with Crippen molar-refractivity contribution in [2.75, 3.05) is 4.90 Å². The fourth-order valence-corrected chi connectivity index (χ4v) is 12.2. The van der Waals surface area contributed by atoms with Gasteiger partial charge in [-0.2, -0.15) is 0 Å². The van der Waals surface area contributed by atoms with E-state index in [1.165, 1.54) is 95.7 Å². The Morgan fingerprint density at radius 2 is 1.16 bits per heavy atom. The molecule has 1 aromatic heterocycles. The molecule has 2 saturated carbocycles. The highest BCUT2D eigenvalue weighted by atomic mass is 32.1. The molecule has 0 saturated heterocycles. The quantitative estimate of drug-likeness (QED) is 0.171. The molecule has 3 atom stereocenters. The summed E-state index contributed by atoms with van der Waals surface area (Å²) in [5.74, 6) is 1.60. The summed E-state index contributed by atoms with van der Waals surface area (Å²) in [5, 5.41) is 5.18. The minimum atomic E-state index is 0.161. The lowest BCUT2D eigenvalue weighted by atomic mass is 9.66. The van der Waals surface area contributed by atoms with Gasteiger partial charge in [0.1, 0.15) is 0 Å². The Hall–Kier alpha value is -5.96. The van der Waals surface area contributed by atoms with Gasteiger partial charge in [-0.3, -0.25) is 0 Å². The van der Waals surface area contributed by atoms with Crippen LogP contribution in [0.2, 0.25) is 0 Å². The third kappa shape index (κ3) is 4.58. The van der Waals surface area contributed by atoms with Crippen LogP contribution in [0, 0.1) is 11.8 Å². The summed E-state index contributed by atoms with van der Waals surface area (Å²) in [6, 6.07) is 66.1. The Bertz CT molecular complexity index is 2960. The van der Waals surface area contributed by atoms with Crippen molar-refractivity contribution < 1.29 is 0 Å². The van der Waals surface area contributed by atoms with Crippen molar-refractivity contribution in [2.45, 2.75) is 31.1 Å². The van der Waals surface area contributed by atoms with Crippen LogP contribution in [0.25, 0.3) is 64.3 Å². The van der Waals surface area contributed by atoms with Gasteiger partial charge < -0.3 is 4.90 Å². The number of thiophene rings is 1. The summed E-state index contributed by atoms with van der Waals surface area (Å²) in [5.41, 5.74) is 14.8. The Morgan fingerprint density at radius 3 is 2.00 bits per heavy atom. The highest BCUT2D eigenvalue weighted by molar-refractivity contribution is 7.25. The molecule has 2 bridgehead atoms. The third-order valence-corrected chi connectivity index (χ3v) is 14.5. The smallest absolute Gasteiger partial charge is 0.0540 e. The van der Waals surface area contributed by atoms with E-state index in [0.29, 0.717) is 0 Å². The van der Waals surface area contributed by atoms with Crippen LogP contribution in [0.1, 0.15) is 36.8 Å². The molecule has 8 aromatic carbocycles. The van der Waals surface area contributed by atoms with E-state index in [0.717, 1.165) is 23.2 Å². The lowest BCUT2D eigenvalue weighted by molar-refractivity contribution is 0.327. The first-order valence-corrected chi connectivity index (χ1v) is 20.7. The van der Waals surface area contributed by atoms with E-state index in [4.69, 9.17) is 0 Å². The fourth-order valence-electron chi connectivity index (χ4n) is 11.1. The lowest BCUT2D eigenvalue weighted by Gasteiger charge is -2.36. The normalized spacial score (nSPS) is 19.4. The summed E-state index contributed by atoms with van der Waals surface area (Å²) < 4.78 is 2.63. The van der Waals surface area contributed by atoms with Crippen molar-refractivity contribution in [3.05, 3.63) is 187 Å². The molecule has 9 aromatic rings. The molecule has 55 heavy (non-hydrogen) atoms. The van der Waals surface area contributed by atoms with Gasteiger partial charge in [0.05, 0.1) is 5.69 Å². The monoisotopic (exact) mass is 721 g/mol. The largest absolute Gasteiger partial charge is 0.310 e. The SMILES string of the molecule is c1ccc(-c2ccc(N(c3ccc4c(c3)sc3ccccc34)c3ccc(-c4cccc5c4-c4ccccc4[C@]54CC5CCC4C5)c4ccccc34)cc2)cc1. The van der Waals surface area contributed by atoms with Gasteiger partial charge in [-0.1, -0.05) is 146 Å². The van der Waals surface area contributed by atoms with Gasteiger partial charge in [0.25, 0.3) is 0 Å². The number of hydrogen-bond acceptors (Lipinski definition) is 2. The topological polar surface area (TPSA) is 3.24 Å². The maximum Gasteiger partial charge on any atom is 0.0540 e. The van der Waals surface area contributed by atoms with Crippen molar-refractivity contribution in [1.82, 2.24) is 0 Å². The zero-order valence-corrected chi connectivity index (χ0v) is 31.4. The maximum absolute atomic E-state index is 2.47. The van der Waals surface area contributed by atoms with E-state index >= 15 is 0 Å². The van der Waals surface area contributed by atoms with Gasteiger partial charge in [0.15, 0.2) is 0 Å². The van der Waals surface area contributed by atoms with Crippen LogP contribution in [-0.2, 0) is 5.41 Å². The van der Waals surface area contributed by atoms with Crippen LogP contribution in [0.5, 0.6) is 0 Å². The van der Waals surface area contributed by atoms with E-state index in [-0.39, 0.29) is 5.41 Å². The molecule has 2 heteroatoms. The molecule has 262 valence electrons. The molecule has 2 fully saturated rings. The Morgan fingerprint density at radius 1 is 0.473 bits per heavy atom. The fraction of sp³-hybridized carbons (Fsp3) is 0.132. The zero-order chi connectivity index (χ0) is 36.1. The second-order valence-corrected chi connectivity index (χ2v) is 17.1. The molecular weight excluding hydrogens is 683 g/mol. The highest BCUT2D eigenvalue weighted by Gasteiger charge is 2.57. The van der Waals surface area contributed by atoms with Crippen molar-refractivity contribution in [3.63, 3.8) is 0 Å². The van der Waals surface area contributed by atoms with Crippen LogP contribution >= 0.6 is 11.3 Å². The molecule has 0 amide bonds. The first-order chi connectivity index (χ1) is 27.2. The third-order valence-electron chi connectivity index (χ3n) is 13.4. The van der Waals surface area contributed by atoms with E-state index < -0.39 is 0 Å². The number of nitrogens with zero attached hydrogens (tertiary/aromatic N) is 1. The van der Waals surface area contributed by atoms with E-state index in [2.05, 4.69) is 181 Å². The molecule has 3 aliphatic carbocycles. The van der Waals surface area contributed by atoms with Crippen LogP contribution < -0.4 is 4.90 Å². The Balaban J connectivity index is 1.06. The molecular formula is C53H39NS. The zero-order valence-electron chi connectivity index (χ0n) is 30.6. The van der Waals surface area contributed by atoms with E-state index in [1.54, 1.807) is 11.1 Å². The molecule has 0 N–H and O–H groups in total. The van der Waals surface area contributed by atoms with Crippen LogP contribution in [-0.4, -0.2) is 0 Å². The number of fused-ring (bicyclic) bond motifs is 12. The second-order valence-electron chi connectivity index (χ2n) is 16.0. The van der Waals surface area contributed by atoms with Crippen LogP contribution in [0.4, 0.5) is 17.1 Å². The van der Waals surface area contributed by atoms with Gasteiger partial charge in [-0.25, -0.2) is 0 Å². The predicted octanol–water partition coefficient (Wildman–Crippen LogP) is 15.1. The summed E-state index contributed by atoms with van der Waals surface area (Å²) in [7, 11) is 0. The summed E-state index contributed by atoms with van der Waals surface area (Å²) in [4.78, 5) is 2.47. The first kappa shape index (κ1) is 31.4. The highest BCUT2D eigenvalue weighted by Crippen LogP contribution is 2.66. The molecule has 12 rings (SSSR count). The first-order valence-electron chi connectivity index (χ1n) is 19.9. The Kier molecular flexibility index (Phi) is 6.86. The minimum Gasteiger partial charge on any atom is -0.310 e. The van der Waals surface area contributed by atoms with Crippen molar-refractivity contribution in [3.8, 4) is 33.4 Å². The van der Waals surface area contributed by atoms with Crippen molar-refractivity contribution in [2.24, 2.45) is 11.8 Å². The second kappa shape index (κ2) is 12.0. The van der Waals surface area contributed by atoms with Gasteiger partial charge in [-0.05, 0) is 117 Å². The predicted molar refractivity (Wildman–Crippen MR) is 234 cm³/mol. The number of hydrogen-bond donors (Lipinski definition) is 0. The molecule has 1 nitrogen and oxygen atoms in total. The lowest BCUT2D eigenvalue weighted by Crippen LogP contribution is -2.31. The number of benzene rings is 8. The van der Waals surface area contributed by atoms with E-state index in [9.17, 15) is 0 Å². The molecule has 0 aliphatic heterocycles. The average molecular weight is 722 g/mol. The van der Waals surface area contributed by atoms with Crippen LogP contribution in [0.3, 0.4) is 0 Å². The summed E-state index contributed by atoms with van der Waals surface area (Å²) >= 11 is 1.88. The molecule has 0 radical (unpaired) electrons. The Labute approximate surface area is 326 Å². The number of anilines is 3. The van der Waals surface area contributed by atoms with Gasteiger partial charge in [0, 0.05) is 42.3 Å². The van der Waals surface area contributed by atoms with Crippen LogP contribution in [0.15, 0.2) is 176 Å². The van der Waals surface area contributed by atoms with Gasteiger partial charge in [0.2, 0.25) is 0 Å². The molecule has 3 aliphatic rings. The minimum absolute atomic E-state index is 0.161. The molecule has 1 spiro atoms. The standard InChI is InChI=1S/C53H39NS/c1-2-11-35(12-3-1)36-22-25-38(26-23-36)54(39-27-28-44-43-15-7-9-20-50(43)55-51(44)32-39)49-30-29-41(40-13-4-5-14-42(40)49)45-17-10-19-48-52(45)46-16-6-8-18-47(46)53(48)33-34-21-24-37(53)31-34/h1-20,22-23,25-30,32,34,37H,21,24,31,33H2/t34?,37?,53-/m1/s1. The molecule has 2 unspecified atom stereocenters.